The zero-order chi connectivity index (χ0) is 9.76. The van der Waals surface area contributed by atoms with Crippen LogP contribution in [0.3, 0.4) is 0 Å². The Kier molecular flexibility index (Phi) is 1.74. The van der Waals surface area contributed by atoms with Crippen LogP contribution < -0.4 is 0 Å². The number of aliphatic hydroxyl groups is 1. The topological polar surface area (TPSA) is 20.2 Å². The lowest BCUT2D eigenvalue weighted by molar-refractivity contribution is 0.148. The quantitative estimate of drug-likeness (QED) is 0.762. The van der Waals surface area contributed by atoms with Crippen molar-refractivity contribution < 1.29 is 5.11 Å². The largest absolute Gasteiger partial charge is 0.385 e. The second-order valence-electron chi connectivity index (χ2n) is 4.46. The molecule has 0 spiro atoms. The van der Waals surface area contributed by atoms with Crippen LogP contribution in [-0.4, -0.2) is 10.4 Å². The molecule has 74 valence electrons. The molecule has 0 radical (unpaired) electrons. The van der Waals surface area contributed by atoms with Crippen LogP contribution in [0.1, 0.15) is 30.9 Å². The van der Waals surface area contributed by atoms with Crippen LogP contribution >= 0.6 is 11.8 Å². The molecule has 1 aromatic carbocycles. The molecule has 1 N–H and O–H groups in total. The van der Waals surface area contributed by atoms with E-state index in [1.54, 1.807) is 0 Å². The fourth-order valence-corrected chi connectivity index (χ4v) is 3.54. The molecule has 2 heteroatoms. The fourth-order valence-electron chi connectivity index (χ4n) is 2.19. The Morgan fingerprint density at radius 1 is 1.43 bits per heavy atom. The van der Waals surface area contributed by atoms with E-state index in [1.165, 1.54) is 16.0 Å². The summed E-state index contributed by atoms with van der Waals surface area (Å²) < 4.78 is 0. The summed E-state index contributed by atoms with van der Waals surface area (Å²) in [6.45, 7) is 2.26. The maximum atomic E-state index is 10.1. The molecule has 1 unspecified atom stereocenters. The predicted molar refractivity (Wildman–Crippen MR) is 58.6 cm³/mol. The molecular weight excluding hydrogens is 192 g/mol. The van der Waals surface area contributed by atoms with Crippen molar-refractivity contribution in [3.8, 4) is 0 Å². The molecule has 0 aromatic heterocycles. The Labute approximate surface area is 88.5 Å². The summed E-state index contributed by atoms with van der Waals surface area (Å²) in [6.07, 6.45) is 3.04. The molecule has 1 heterocycles. The summed E-state index contributed by atoms with van der Waals surface area (Å²) in [5.74, 6) is 0. The number of hydrogen-bond acceptors (Lipinski definition) is 2. The number of fused-ring (bicyclic) bond motifs is 1. The van der Waals surface area contributed by atoms with Crippen LogP contribution in [-0.2, 0) is 12.0 Å². The molecule has 1 nitrogen and oxygen atoms in total. The van der Waals surface area contributed by atoms with Crippen LogP contribution in [0.25, 0.3) is 0 Å². The van der Waals surface area contributed by atoms with Crippen molar-refractivity contribution >= 4 is 11.8 Å². The van der Waals surface area contributed by atoms with E-state index in [9.17, 15) is 5.11 Å². The van der Waals surface area contributed by atoms with Crippen molar-refractivity contribution in [2.45, 2.75) is 41.9 Å². The monoisotopic (exact) mass is 206 g/mol. The molecule has 1 atom stereocenters. The highest BCUT2D eigenvalue weighted by Crippen LogP contribution is 2.51. The second-order valence-corrected chi connectivity index (χ2v) is 5.91. The van der Waals surface area contributed by atoms with Gasteiger partial charge in [0.1, 0.15) is 0 Å². The van der Waals surface area contributed by atoms with Gasteiger partial charge in [-0.1, -0.05) is 25.1 Å². The van der Waals surface area contributed by atoms with E-state index in [1.807, 2.05) is 11.8 Å². The van der Waals surface area contributed by atoms with Gasteiger partial charge in [0.25, 0.3) is 0 Å². The van der Waals surface area contributed by atoms with Crippen molar-refractivity contribution in [3.05, 3.63) is 29.3 Å². The van der Waals surface area contributed by atoms with E-state index in [-0.39, 0.29) is 0 Å². The van der Waals surface area contributed by atoms with Gasteiger partial charge in [-0.05, 0) is 30.4 Å². The Bertz CT molecular complexity index is 382. The first-order valence-electron chi connectivity index (χ1n) is 5.20. The standard InChI is InChI=1S/C12H14OS/c1-8-7-9-3-2-4-10(11(9)14-8)12(13)5-6-12/h2-4,8,13H,5-7H2,1H3. The number of rotatable bonds is 1. The van der Waals surface area contributed by atoms with Gasteiger partial charge in [-0.3, -0.25) is 0 Å². The van der Waals surface area contributed by atoms with Crippen molar-refractivity contribution in [1.82, 2.24) is 0 Å². The van der Waals surface area contributed by atoms with Crippen LogP contribution in [0.5, 0.6) is 0 Å². The minimum Gasteiger partial charge on any atom is -0.385 e. The zero-order valence-corrected chi connectivity index (χ0v) is 9.10. The summed E-state index contributed by atoms with van der Waals surface area (Å²) >= 11 is 1.92. The third-order valence-corrected chi connectivity index (χ3v) is 4.43. The molecule has 3 rings (SSSR count). The molecule has 1 fully saturated rings. The normalized spacial score (nSPS) is 27.4. The van der Waals surface area contributed by atoms with Crippen LogP contribution in [0, 0.1) is 0 Å². The summed E-state index contributed by atoms with van der Waals surface area (Å²) in [5.41, 5.74) is 2.15. The van der Waals surface area contributed by atoms with Crippen molar-refractivity contribution in [3.63, 3.8) is 0 Å². The van der Waals surface area contributed by atoms with E-state index < -0.39 is 5.60 Å². The summed E-state index contributed by atoms with van der Waals surface area (Å²) in [6, 6.07) is 6.38. The van der Waals surface area contributed by atoms with Gasteiger partial charge in [0.15, 0.2) is 0 Å². The Morgan fingerprint density at radius 3 is 2.93 bits per heavy atom. The number of benzene rings is 1. The van der Waals surface area contributed by atoms with E-state index >= 15 is 0 Å². The van der Waals surface area contributed by atoms with Crippen LogP contribution in [0.15, 0.2) is 23.1 Å². The predicted octanol–water partition coefficient (Wildman–Crippen LogP) is 2.70. The molecule has 0 amide bonds. The molecule has 1 aromatic rings. The smallest absolute Gasteiger partial charge is 0.0909 e. The third-order valence-electron chi connectivity index (χ3n) is 3.15. The van der Waals surface area contributed by atoms with E-state index in [2.05, 4.69) is 25.1 Å². The first-order chi connectivity index (χ1) is 6.69. The van der Waals surface area contributed by atoms with Crippen molar-refractivity contribution in [2.75, 3.05) is 0 Å². The first-order valence-corrected chi connectivity index (χ1v) is 6.08. The van der Waals surface area contributed by atoms with Gasteiger partial charge in [-0.25, -0.2) is 0 Å². The average Bonchev–Trinajstić information content (AvgIpc) is 2.78. The summed E-state index contributed by atoms with van der Waals surface area (Å²) in [5, 5.41) is 10.8. The first kappa shape index (κ1) is 8.81. The van der Waals surface area contributed by atoms with E-state index in [0.29, 0.717) is 5.25 Å². The van der Waals surface area contributed by atoms with Gasteiger partial charge < -0.3 is 5.11 Å². The highest BCUT2D eigenvalue weighted by atomic mass is 32.2. The molecule has 14 heavy (non-hydrogen) atoms. The molecular formula is C12H14OS. The Hall–Kier alpha value is -0.470. The minimum atomic E-state index is -0.470. The Morgan fingerprint density at radius 2 is 2.21 bits per heavy atom. The van der Waals surface area contributed by atoms with E-state index in [0.717, 1.165) is 19.3 Å². The van der Waals surface area contributed by atoms with Gasteiger partial charge in [-0.15, -0.1) is 11.8 Å². The summed E-state index contributed by atoms with van der Waals surface area (Å²) in [4.78, 5) is 1.36. The lowest BCUT2D eigenvalue weighted by atomic mass is 10.0. The molecule has 1 aliphatic heterocycles. The van der Waals surface area contributed by atoms with Gasteiger partial charge in [0.05, 0.1) is 5.60 Å². The highest BCUT2D eigenvalue weighted by Gasteiger charge is 2.44. The Balaban J connectivity index is 2.10. The SMILES string of the molecule is CC1Cc2cccc(C3(O)CC3)c2S1. The lowest BCUT2D eigenvalue weighted by Crippen LogP contribution is -2.05. The highest BCUT2D eigenvalue weighted by molar-refractivity contribution is 8.00. The van der Waals surface area contributed by atoms with Crippen LogP contribution in [0.2, 0.25) is 0 Å². The molecule has 1 aliphatic carbocycles. The lowest BCUT2D eigenvalue weighted by Gasteiger charge is -2.12. The van der Waals surface area contributed by atoms with Crippen molar-refractivity contribution in [2.24, 2.45) is 0 Å². The average molecular weight is 206 g/mol. The van der Waals surface area contributed by atoms with E-state index in [4.69, 9.17) is 0 Å². The number of hydrogen-bond donors (Lipinski definition) is 1. The van der Waals surface area contributed by atoms with Gasteiger partial charge in [-0.2, -0.15) is 0 Å². The van der Waals surface area contributed by atoms with Crippen LogP contribution in [0.4, 0.5) is 0 Å². The maximum Gasteiger partial charge on any atom is 0.0909 e. The molecule has 2 aliphatic rings. The fraction of sp³-hybridized carbons (Fsp3) is 0.500. The van der Waals surface area contributed by atoms with Gasteiger partial charge in [0, 0.05) is 10.1 Å². The van der Waals surface area contributed by atoms with Crippen molar-refractivity contribution in [1.29, 1.82) is 0 Å². The third kappa shape index (κ3) is 1.21. The molecule has 0 saturated heterocycles. The minimum absolute atomic E-state index is 0.470. The van der Waals surface area contributed by atoms with Gasteiger partial charge >= 0.3 is 0 Å². The number of thioether (sulfide) groups is 1. The summed E-state index contributed by atoms with van der Waals surface area (Å²) in [7, 11) is 0. The second kappa shape index (κ2) is 2.77. The molecule has 0 bridgehead atoms. The molecule has 1 saturated carbocycles. The zero-order valence-electron chi connectivity index (χ0n) is 8.29. The maximum absolute atomic E-state index is 10.1. The van der Waals surface area contributed by atoms with Gasteiger partial charge in [0.2, 0.25) is 0 Å².